The summed E-state index contributed by atoms with van der Waals surface area (Å²) in [6.45, 7) is 4.83. The summed E-state index contributed by atoms with van der Waals surface area (Å²) >= 11 is 1.70. The number of ether oxygens (including phenoxy) is 3. The largest absolute Gasteiger partial charge is 0.496 e. The molecule has 0 aliphatic carbocycles. The molecule has 0 bridgehead atoms. The van der Waals surface area contributed by atoms with Gasteiger partial charge in [0, 0.05) is 17.5 Å². The number of thiophene rings is 1. The second kappa shape index (κ2) is 12.1. The molecule has 2 amide bonds. The zero-order valence-electron chi connectivity index (χ0n) is 21.8. The van der Waals surface area contributed by atoms with Gasteiger partial charge in [-0.05, 0) is 61.0 Å². The van der Waals surface area contributed by atoms with Crippen LogP contribution in [0.15, 0.2) is 60.0 Å². The first-order valence-electron chi connectivity index (χ1n) is 12.5. The van der Waals surface area contributed by atoms with Gasteiger partial charge in [-0.3, -0.25) is 9.59 Å². The minimum absolute atomic E-state index is 0.0173. The lowest BCUT2D eigenvalue weighted by Crippen LogP contribution is -2.50. The number of carbonyl (C=O) groups excluding carboxylic acids is 2. The van der Waals surface area contributed by atoms with Crippen LogP contribution in [-0.4, -0.2) is 61.6 Å². The topological polar surface area (TPSA) is 68.3 Å². The highest BCUT2D eigenvalue weighted by Gasteiger charge is 2.35. The maximum absolute atomic E-state index is 13.8. The maximum Gasteiger partial charge on any atom is 0.258 e. The van der Waals surface area contributed by atoms with Crippen molar-refractivity contribution in [3.8, 4) is 17.2 Å². The molecule has 0 unspecified atom stereocenters. The van der Waals surface area contributed by atoms with Crippen LogP contribution in [-0.2, 0) is 11.2 Å². The first kappa shape index (κ1) is 26.5. The number of fused-ring (bicyclic) bond motifs is 1. The summed E-state index contributed by atoms with van der Waals surface area (Å²) in [7, 11) is 3.15. The molecule has 2 aromatic carbocycles. The molecule has 7 nitrogen and oxygen atoms in total. The lowest BCUT2D eigenvalue weighted by molar-refractivity contribution is -0.136. The van der Waals surface area contributed by atoms with Crippen molar-refractivity contribution in [3.63, 3.8) is 0 Å². The molecule has 0 spiro atoms. The number of nitrogens with zero attached hydrogens (tertiary/aromatic N) is 2. The molecule has 1 aromatic heterocycles. The highest BCUT2D eigenvalue weighted by atomic mass is 32.1. The predicted octanol–water partition coefficient (Wildman–Crippen LogP) is 5.21. The number of methoxy groups -OCH3 is 2. The normalized spacial score (nSPS) is 15.5. The van der Waals surface area contributed by atoms with Crippen molar-refractivity contribution in [2.24, 2.45) is 0 Å². The molecule has 196 valence electrons. The number of hydrogen-bond acceptors (Lipinski definition) is 6. The molecular formula is C29H34N2O5S. The van der Waals surface area contributed by atoms with Gasteiger partial charge in [-0.1, -0.05) is 31.2 Å². The highest BCUT2D eigenvalue weighted by molar-refractivity contribution is 7.10. The maximum atomic E-state index is 13.8. The van der Waals surface area contributed by atoms with E-state index in [-0.39, 0.29) is 30.4 Å². The number of para-hydroxylation sites is 3. The number of hydrogen-bond donors (Lipinski definition) is 0. The van der Waals surface area contributed by atoms with Crippen molar-refractivity contribution in [2.45, 2.75) is 38.8 Å². The van der Waals surface area contributed by atoms with E-state index in [4.69, 9.17) is 14.2 Å². The van der Waals surface area contributed by atoms with Crippen LogP contribution in [0.1, 0.15) is 47.1 Å². The van der Waals surface area contributed by atoms with Gasteiger partial charge in [0.15, 0.2) is 11.5 Å². The molecule has 1 aliphatic heterocycles. The average molecular weight is 523 g/mol. The molecule has 0 saturated carbocycles. The Morgan fingerprint density at radius 1 is 1.03 bits per heavy atom. The molecule has 2 atom stereocenters. The zero-order valence-corrected chi connectivity index (χ0v) is 22.6. The summed E-state index contributed by atoms with van der Waals surface area (Å²) in [5, 5.41) is 2.06. The highest BCUT2D eigenvalue weighted by Crippen LogP contribution is 2.35. The Bertz CT molecular complexity index is 1230. The fourth-order valence-corrected chi connectivity index (χ4v) is 5.57. The Morgan fingerprint density at radius 3 is 2.41 bits per heavy atom. The number of carbonyl (C=O) groups is 2. The Labute approximate surface area is 222 Å². The van der Waals surface area contributed by atoms with Crippen molar-refractivity contribution < 1.29 is 23.8 Å². The van der Waals surface area contributed by atoms with E-state index in [0.717, 1.165) is 18.4 Å². The van der Waals surface area contributed by atoms with Crippen LogP contribution in [0.2, 0.25) is 0 Å². The van der Waals surface area contributed by atoms with Gasteiger partial charge in [-0.25, -0.2) is 0 Å². The lowest BCUT2D eigenvalue weighted by atomic mass is 10.00. The second-order valence-electron chi connectivity index (χ2n) is 9.00. The van der Waals surface area contributed by atoms with E-state index in [2.05, 4.69) is 11.4 Å². The lowest BCUT2D eigenvalue weighted by Gasteiger charge is -2.38. The summed E-state index contributed by atoms with van der Waals surface area (Å²) in [6.07, 6.45) is 1.51. The van der Waals surface area contributed by atoms with Crippen LogP contribution < -0.4 is 14.2 Å². The molecule has 37 heavy (non-hydrogen) atoms. The fourth-order valence-electron chi connectivity index (χ4n) is 4.64. The summed E-state index contributed by atoms with van der Waals surface area (Å²) in [4.78, 5) is 32.2. The minimum atomic E-state index is -0.257. The number of benzene rings is 2. The quantitative estimate of drug-likeness (QED) is 0.366. The van der Waals surface area contributed by atoms with Crippen LogP contribution in [0, 0.1) is 0 Å². The monoisotopic (exact) mass is 522 g/mol. The number of rotatable bonds is 10. The van der Waals surface area contributed by atoms with Gasteiger partial charge in [0.05, 0.1) is 25.8 Å². The van der Waals surface area contributed by atoms with Crippen LogP contribution in [0.4, 0.5) is 0 Å². The van der Waals surface area contributed by atoms with Crippen molar-refractivity contribution in [1.29, 1.82) is 0 Å². The van der Waals surface area contributed by atoms with Crippen molar-refractivity contribution in [2.75, 3.05) is 33.9 Å². The van der Waals surface area contributed by atoms with Crippen molar-refractivity contribution in [1.82, 2.24) is 9.80 Å². The predicted molar refractivity (Wildman–Crippen MR) is 145 cm³/mol. The van der Waals surface area contributed by atoms with E-state index < -0.39 is 0 Å². The zero-order chi connectivity index (χ0) is 26.4. The molecule has 4 rings (SSSR count). The Kier molecular flexibility index (Phi) is 8.71. The summed E-state index contributed by atoms with van der Waals surface area (Å²) in [5.74, 6) is 1.46. The second-order valence-corrected chi connectivity index (χ2v) is 10.0. The summed E-state index contributed by atoms with van der Waals surface area (Å²) in [6, 6.07) is 16.3. The van der Waals surface area contributed by atoms with Crippen LogP contribution in [0.5, 0.6) is 17.2 Å². The Morgan fingerprint density at radius 2 is 1.70 bits per heavy atom. The van der Waals surface area contributed by atoms with Gasteiger partial charge >= 0.3 is 0 Å². The molecule has 8 heteroatoms. The molecule has 3 aromatic rings. The molecule has 0 saturated heterocycles. The van der Waals surface area contributed by atoms with Gasteiger partial charge in [0.2, 0.25) is 5.91 Å². The molecule has 1 aliphatic rings. The minimum Gasteiger partial charge on any atom is -0.496 e. The van der Waals surface area contributed by atoms with Crippen molar-refractivity contribution >= 4 is 23.2 Å². The summed E-state index contributed by atoms with van der Waals surface area (Å²) in [5.41, 5.74) is 1.55. The smallest absolute Gasteiger partial charge is 0.258 e. The standard InChI is InChI=1S/C29H34N2O5S/c1-5-20(2)31(29(33)22-10-6-7-11-24(22)34-3)18-28(32)30-16-14-27-21(15-17-37-27)23(30)19-36-26-13-9-8-12-25(26)35-4/h6-13,15,17,20,23H,5,14,16,18-19H2,1-4H3/t20-,23-/m0/s1. The van der Waals surface area contributed by atoms with Crippen LogP contribution in [0.25, 0.3) is 0 Å². The SMILES string of the molecule is CC[C@H](C)N(CC(=O)N1CCc2sccc2[C@@H]1COc1ccccc1OC)C(=O)c1ccccc1OC. The molecular weight excluding hydrogens is 488 g/mol. The van der Waals surface area contributed by atoms with Crippen molar-refractivity contribution in [3.05, 3.63) is 76.0 Å². The average Bonchev–Trinajstić information content (AvgIpc) is 3.43. The van der Waals surface area contributed by atoms with E-state index in [0.29, 0.717) is 36.0 Å². The van der Waals surface area contributed by atoms with E-state index >= 15 is 0 Å². The number of amides is 2. The molecule has 0 fully saturated rings. The Hall–Kier alpha value is -3.52. The van der Waals surface area contributed by atoms with Gasteiger partial charge < -0.3 is 24.0 Å². The van der Waals surface area contributed by atoms with Gasteiger partial charge in [0.1, 0.15) is 18.9 Å². The third kappa shape index (κ3) is 5.74. The molecule has 0 N–H and O–H groups in total. The fraction of sp³-hybridized carbons (Fsp3) is 0.379. The van der Waals surface area contributed by atoms with Gasteiger partial charge in [-0.2, -0.15) is 0 Å². The van der Waals surface area contributed by atoms with E-state index in [1.807, 2.05) is 49.1 Å². The summed E-state index contributed by atoms with van der Waals surface area (Å²) < 4.78 is 17.0. The van der Waals surface area contributed by atoms with Crippen LogP contribution in [0.3, 0.4) is 0 Å². The third-order valence-corrected chi connectivity index (χ3v) is 7.90. The first-order valence-corrected chi connectivity index (χ1v) is 13.4. The molecule has 0 radical (unpaired) electrons. The van der Waals surface area contributed by atoms with Crippen LogP contribution >= 0.6 is 11.3 Å². The molecule has 2 heterocycles. The van der Waals surface area contributed by atoms with E-state index in [9.17, 15) is 9.59 Å². The van der Waals surface area contributed by atoms with Gasteiger partial charge in [0.25, 0.3) is 5.91 Å². The third-order valence-electron chi connectivity index (χ3n) is 6.91. The first-order chi connectivity index (χ1) is 18.0. The Balaban J connectivity index is 1.58. The van der Waals surface area contributed by atoms with E-state index in [1.54, 1.807) is 48.7 Å². The van der Waals surface area contributed by atoms with Gasteiger partial charge in [-0.15, -0.1) is 11.3 Å². The van der Waals surface area contributed by atoms with E-state index in [1.165, 1.54) is 4.88 Å².